The van der Waals surface area contributed by atoms with E-state index in [9.17, 15) is 9.18 Å². The molecular formula is C10H10ClFO3. The Labute approximate surface area is 91.4 Å². The fourth-order valence-electron chi connectivity index (χ4n) is 1.30. The molecule has 0 saturated carbocycles. The van der Waals surface area contributed by atoms with Crippen LogP contribution in [0, 0.1) is 13.8 Å². The molecule has 5 heteroatoms. The van der Waals surface area contributed by atoms with Crippen molar-refractivity contribution < 1.29 is 19.0 Å². The van der Waals surface area contributed by atoms with Gasteiger partial charge < -0.3 is 9.84 Å². The smallest absolute Gasteiger partial charge is 0.339 e. The van der Waals surface area contributed by atoms with Crippen molar-refractivity contribution in [3.63, 3.8) is 0 Å². The highest BCUT2D eigenvalue weighted by atomic mass is 35.5. The second-order valence-corrected chi connectivity index (χ2v) is 3.47. The van der Waals surface area contributed by atoms with Crippen molar-refractivity contribution in [2.45, 2.75) is 13.8 Å². The molecule has 0 aromatic heterocycles. The summed E-state index contributed by atoms with van der Waals surface area (Å²) in [5.74, 6) is -1.30. The first-order valence-corrected chi connectivity index (χ1v) is 4.58. The minimum Gasteiger partial charge on any atom is -0.478 e. The summed E-state index contributed by atoms with van der Waals surface area (Å²) >= 11 is 5.77. The molecule has 3 nitrogen and oxygen atoms in total. The Balaban J connectivity index is 3.47. The van der Waals surface area contributed by atoms with Gasteiger partial charge in [0.05, 0.1) is 5.02 Å². The summed E-state index contributed by atoms with van der Waals surface area (Å²) in [5, 5.41) is 9.07. The summed E-state index contributed by atoms with van der Waals surface area (Å²) in [7, 11) is 0. The lowest BCUT2D eigenvalue weighted by atomic mass is 10.0. The van der Waals surface area contributed by atoms with Gasteiger partial charge in [0.15, 0.2) is 5.75 Å². The van der Waals surface area contributed by atoms with Crippen LogP contribution in [0.1, 0.15) is 21.5 Å². The first kappa shape index (κ1) is 11.8. The molecule has 0 heterocycles. The molecule has 0 aliphatic carbocycles. The number of aryl methyl sites for hydroxylation is 1. The number of benzene rings is 1. The molecule has 0 bridgehead atoms. The molecule has 0 atom stereocenters. The SMILES string of the molecule is Cc1cc(Cl)c(OCF)c(C(=O)O)c1C. The summed E-state index contributed by atoms with van der Waals surface area (Å²) in [6.07, 6.45) is 0. The summed E-state index contributed by atoms with van der Waals surface area (Å²) in [6.45, 7) is 2.25. The van der Waals surface area contributed by atoms with Gasteiger partial charge in [-0.05, 0) is 31.0 Å². The number of alkyl halides is 1. The number of ether oxygens (including phenoxy) is 1. The van der Waals surface area contributed by atoms with Gasteiger partial charge in [0.2, 0.25) is 6.86 Å². The largest absolute Gasteiger partial charge is 0.478 e. The maximum absolute atomic E-state index is 12.1. The van der Waals surface area contributed by atoms with E-state index in [1.54, 1.807) is 19.9 Å². The van der Waals surface area contributed by atoms with Crippen LogP contribution in [-0.4, -0.2) is 17.9 Å². The Morgan fingerprint density at radius 1 is 1.60 bits per heavy atom. The van der Waals surface area contributed by atoms with Crippen LogP contribution in [0.3, 0.4) is 0 Å². The number of halogens is 2. The second kappa shape index (κ2) is 4.49. The molecule has 82 valence electrons. The molecule has 1 rings (SSSR count). The van der Waals surface area contributed by atoms with Gasteiger partial charge in [0.25, 0.3) is 0 Å². The van der Waals surface area contributed by atoms with E-state index >= 15 is 0 Å². The molecular weight excluding hydrogens is 223 g/mol. The Hall–Kier alpha value is -1.29. The number of hydrogen-bond donors (Lipinski definition) is 1. The lowest BCUT2D eigenvalue weighted by Crippen LogP contribution is -2.06. The van der Waals surface area contributed by atoms with E-state index in [2.05, 4.69) is 4.74 Å². The zero-order valence-corrected chi connectivity index (χ0v) is 9.06. The standard InChI is InChI=1S/C10H10ClFO3/c1-5-3-7(11)9(15-4-12)8(6(5)2)10(13)14/h3H,4H2,1-2H3,(H,13,14). The molecule has 0 unspecified atom stereocenters. The van der Waals surface area contributed by atoms with E-state index in [0.29, 0.717) is 5.56 Å². The van der Waals surface area contributed by atoms with Gasteiger partial charge >= 0.3 is 5.97 Å². The van der Waals surface area contributed by atoms with E-state index in [0.717, 1.165) is 5.56 Å². The third-order valence-corrected chi connectivity index (χ3v) is 2.45. The molecule has 0 aliphatic rings. The van der Waals surface area contributed by atoms with Crippen LogP contribution in [0.2, 0.25) is 5.02 Å². The maximum atomic E-state index is 12.1. The van der Waals surface area contributed by atoms with Crippen LogP contribution in [0.4, 0.5) is 4.39 Å². The Kier molecular flexibility index (Phi) is 3.52. The van der Waals surface area contributed by atoms with Gasteiger partial charge in [-0.1, -0.05) is 11.6 Å². The predicted molar refractivity (Wildman–Crippen MR) is 54.5 cm³/mol. The quantitative estimate of drug-likeness (QED) is 0.872. The summed E-state index contributed by atoms with van der Waals surface area (Å²) in [5.41, 5.74) is 1.16. The van der Waals surface area contributed by atoms with Gasteiger partial charge in [-0.2, -0.15) is 0 Å². The van der Waals surface area contributed by atoms with Gasteiger partial charge in [-0.25, -0.2) is 9.18 Å². The zero-order chi connectivity index (χ0) is 11.6. The van der Waals surface area contributed by atoms with Crippen LogP contribution in [0.5, 0.6) is 5.75 Å². The molecule has 0 aliphatic heterocycles. The van der Waals surface area contributed by atoms with Crippen molar-refractivity contribution in [2.24, 2.45) is 0 Å². The fourth-order valence-corrected chi connectivity index (χ4v) is 1.62. The van der Waals surface area contributed by atoms with Crippen LogP contribution in [-0.2, 0) is 0 Å². The van der Waals surface area contributed by atoms with Gasteiger partial charge in [-0.15, -0.1) is 0 Å². The molecule has 0 spiro atoms. The highest BCUT2D eigenvalue weighted by Crippen LogP contribution is 2.33. The number of aromatic carboxylic acids is 1. The molecule has 15 heavy (non-hydrogen) atoms. The molecule has 0 saturated heterocycles. The van der Waals surface area contributed by atoms with Crippen LogP contribution < -0.4 is 4.74 Å². The Bertz CT molecular complexity index is 404. The van der Waals surface area contributed by atoms with Crippen molar-refractivity contribution in [3.8, 4) is 5.75 Å². The highest BCUT2D eigenvalue weighted by molar-refractivity contribution is 6.32. The van der Waals surface area contributed by atoms with Crippen molar-refractivity contribution in [1.82, 2.24) is 0 Å². The van der Waals surface area contributed by atoms with E-state index in [-0.39, 0.29) is 16.3 Å². The second-order valence-electron chi connectivity index (χ2n) is 3.06. The number of carboxylic acids is 1. The fraction of sp³-hybridized carbons (Fsp3) is 0.300. The maximum Gasteiger partial charge on any atom is 0.339 e. The molecule has 1 aromatic rings. The van der Waals surface area contributed by atoms with Gasteiger partial charge in [0.1, 0.15) is 5.56 Å². The monoisotopic (exact) mass is 232 g/mol. The van der Waals surface area contributed by atoms with Crippen molar-refractivity contribution in [3.05, 3.63) is 27.8 Å². The van der Waals surface area contributed by atoms with E-state index in [1.807, 2.05) is 0 Å². The molecule has 0 amide bonds. The highest BCUT2D eigenvalue weighted by Gasteiger charge is 2.19. The van der Waals surface area contributed by atoms with E-state index < -0.39 is 12.8 Å². The number of carboxylic acid groups (broad SMARTS) is 1. The Morgan fingerprint density at radius 3 is 2.67 bits per heavy atom. The summed E-state index contributed by atoms with van der Waals surface area (Å²) < 4.78 is 16.6. The van der Waals surface area contributed by atoms with Gasteiger partial charge in [0, 0.05) is 0 Å². The lowest BCUT2D eigenvalue weighted by Gasteiger charge is -2.12. The third kappa shape index (κ3) is 2.21. The van der Waals surface area contributed by atoms with Crippen LogP contribution in [0.15, 0.2) is 6.07 Å². The van der Waals surface area contributed by atoms with Crippen LogP contribution >= 0.6 is 11.6 Å². The average Bonchev–Trinajstić information content (AvgIpc) is 2.14. The number of carbonyl (C=O) groups is 1. The molecule has 0 radical (unpaired) electrons. The predicted octanol–water partition coefficient (Wildman–Crippen LogP) is 2.96. The first-order chi connectivity index (χ1) is 6.99. The van der Waals surface area contributed by atoms with Crippen molar-refractivity contribution in [2.75, 3.05) is 6.86 Å². The molecule has 0 fully saturated rings. The number of hydrogen-bond acceptors (Lipinski definition) is 2. The van der Waals surface area contributed by atoms with Crippen LogP contribution in [0.25, 0.3) is 0 Å². The summed E-state index contributed by atoms with van der Waals surface area (Å²) in [4.78, 5) is 11.0. The topological polar surface area (TPSA) is 46.5 Å². The average molecular weight is 233 g/mol. The first-order valence-electron chi connectivity index (χ1n) is 4.20. The normalized spacial score (nSPS) is 10.1. The number of rotatable bonds is 3. The third-order valence-electron chi connectivity index (χ3n) is 2.17. The minimum absolute atomic E-state index is 0.0855. The minimum atomic E-state index is -1.18. The van der Waals surface area contributed by atoms with Crippen molar-refractivity contribution in [1.29, 1.82) is 0 Å². The van der Waals surface area contributed by atoms with Gasteiger partial charge in [-0.3, -0.25) is 0 Å². The Morgan fingerprint density at radius 2 is 2.20 bits per heavy atom. The molecule has 1 aromatic carbocycles. The molecule has 1 N–H and O–H groups in total. The van der Waals surface area contributed by atoms with Crippen molar-refractivity contribution >= 4 is 17.6 Å². The van der Waals surface area contributed by atoms with E-state index in [1.165, 1.54) is 0 Å². The van der Waals surface area contributed by atoms with E-state index in [4.69, 9.17) is 16.7 Å². The summed E-state index contributed by atoms with van der Waals surface area (Å²) in [6, 6.07) is 1.55. The lowest BCUT2D eigenvalue weighted by molar-refractivity contribution is 0.0688. The zero-order valence-electron chi connectivity index (χ0n) is 8.30.